The lowest BCUT2D eigenvalue weighted by atomic mass is 9.92. The lowest BCUT2D eigenvalue weighted by molar-refractivity contribution is -0.125. The second-order valence-electron chi connectivity index (χ2n) is 3.85. The van der Waals surface area contributed by atoms with Crippen molar-refractivity contribution in [2.75, 3.05) is 13.1 Å². The van der Waals surface area contributed by atoms with Crippen LogP contribution in [0.15, 0.2) is 0 Å². The number of hydrogen-bond donors (Lipinski definition) is 2. The largest absolute Gasteiger partial charge is 0.353 e. The molecule has 0 aromatic heterocycles. The van der Waals surface area contributed by atoms with Crippen LogP contribution in [0.2, 0.25) is 0 Å². The third-order valence-electron chi connectivity index (χ3n) is 2.60. The summed E-state index contributed by atoms with van der Waals surface area (Å²) in [4.78, 5) is 11.5. The number of amides is 1. The average molecular weight is 184 g/mol. The maximum atomic E-state index is 11.5. The van der Waals surface area contributed by atoms with Crippen LogP contribution >= 0.6 is 0 Å². The monoisotopic (exact) mass is 184 g/mol. The molecule has 0 aliphatic heterocycles. The third-order valence-corrected chi connectivity index (χ3v) is 2.60. The second-order valence-corrected chi connectivity index (χ2v) is 3.85. The van der Waals surface area contributed by atoms with Crippen LogP contribution in [0.1, 0.15) is 33.1 Å². The fourth-order valence-electron chi connectivity index (χ4n) is 1.35. The molecule has 1 amide bonds. The van der Waals surface area contributed by atoms with Crippen LogP contribution in [0.5, 0.6) is 0 Å². The summed E-state index contributed by atoms with van der Waals surface area (Å²) in [6, 6.07) is 0.469. The Bertz CT molecular complexity index is 166. The number of nitrogens with one attached hydrogen (secondary N) is 2. The average Bonchev–Trinajstić information content (AvgIpc) is 2.06. The van der Waals surface area contributed by atoms with E-state index in [1.54, 1.807) is 0 Å². The molecule has 13 heavy (non-hydrogen) atoms. The Morgan fingerprint density at radius 2 is 2.23 bits per heavy atom. The summed E-state index contributed by atoms with van der Waals surface area (Å²) in [7, 11) is 0. The number of hydrogen-bond acceptors (Lipinski definition) is 2. The van der Waals surface area contributed by atoms with Crippen LogP contribution in [0.25, 0.3) is 0 Å². The first kappa shape index (κ1) is 10.5. The van der Waals surface area contributed by atoms with Gasteiger partial charge in [0, 0.05) is 18.5 Å². The topological polar surface area (TPSA) is 41.1 Å². The standard InChI is InChI=1S/C10H20N2O/c1-3-11-7-8(2)10(13)12-9-5-4-6-9/h8-9,11H,3-7H2,1-2H3,(H,12,13). The van der Waals surface area contributed by atoms with E-state index in [0.717, 1.165) is 13.1 Å². The molecule has 3 heteroatoms. The number of rotatable bonds is 5. The molecule has 0 aromatic carbocycles. The highest BCUT2D eigenvalue weighted by molar-refractivity contribution is 5.78. The molecule has 1 atom stereocenters. The van der Waals surface area contributed by atoms with Gasteiger partial charge in [0.1, 0.15) is 0 Å². The van der Waals surface area contributed by atoms with E-state index in [1.165, 1.54) is 19.3 Å². The minimum atomic E-state index is 0.0977. The van der Waals surface area contributed by atoms with E-state index in [0.29, 0.717) is 6.04 Å². The molecule has 0 bridgehead atoms. The van der Waals surface area contributed by atoms with Crippen LogP contribution in [0.3, 0.4) is 0 Å². The van der Waals surface area contributed by atoms with Crippen molar-refractivity contribution >= 4 is 5.91 Å². The van der Waals surface area contributed by atoms with Gasteiger partial charge >= 0.3 is 0 Å². The van der Waals surface area contributed by atoms with Gasteiger partial charge < -0.3 is 10.6 Å². The van der Waals surface area contributed by atoms with E-state index in [-0.39, 0.29) is 11.8 Å². The molecule has 0 heterocycles. The van der Waals surface area contributed by atoms with Crippen molar-refractivity contribution < 1.29 is 4.79 Å². The molecule has 1 aliphatic rings. The van der Waals surface area contributed by atoms with E-state index >= 15 is 0 Å². The number of carbonyl (C=O) groups is 1. The zero-order valence-corrected chi connectivity index (χ0v) is 8.60. The normalized spacial score (nSPS) is 19.2. The van der Waals surface area contributed by atoms with Gasteiger partial charge in [-0.25, -0.2) is 0 Å². The molecule has 1 unspecified atom stereocenters. The van der Waals surface area contributed by atoms with Crippen molar-refractivity contribution in [2.45, 2.75) is 39.2 Å². The zero-order valence-electron chi connectivity index (χ0n) is 8.60. The first-order valence-corrected chi connectivity index (χ1v) is 5.25. The minimum Gasteiger partial charge on any atom is -0.353 e. The summed E-state index contributed by atoms with van der Waals surface area (Å²) >= 11 is 0. The van der Waals surface area contributed by atoms with Crippen molar-refractivity contribution in [1.82, 2.24) is 10.6 Å². The van der Waals surface area contributed by atoms with Gasteiger partial charge in [-0.2, -0.15) is 0 Å². The second kappa shape index (κ2) is 5.22. The van der Waals surface area contributed by atoms with E-state index in [4.69, 9.17) is 0 Å². The lowest BCUT2D eigenvalue weighted by Crippen LogP contribution is -2.44. The van der Waals surface area contributed by atoms with Gasteiger partial charge in [0.05, 0.1) is 0 Å². The van der Waals surface area contributed by atoms with E-state index in [9.17, 15) is 4.79 Å². The third kappa shape index (κ3) is 3.35. The molecule has 3 nitrogen and oxygen atoms in total. The lowest BCUT2D eigenvalue weighted by Gasteiger charge is -2.27. The van der Waals surface area contributed by atoms with Gasteiger partial charge in [-0.05, 0) is 25.8 Å². The minimum absolute atomic E-state index is 0.0977. The zero-order chi connectivity index (χ0) is 9.68. The molecule has 76 valence electrons. The summed E-state index contributed by atoms with van der Waals surface area (Å²) in [5, 5.41) is 6.22. The molecule has 0 radical (unpaired) electrons. The smallest absolute Gasteiger partial charge is 0.224 e. The van der Waals surface area contributed by atoms with E-state index in [1.807, 2.05) is 6.92 Å². The van der Waals surface area contributed by atoms with Crippen molar-refractivity contribution in [2.24, 2.45) is 5.92 Å². The Balaban J connectivity index is 2.13. The maximum Gasteiger partial charge on any atom is 0.224 e. The van der Waals surface area contributed by atoms with Crippen LogP contribution in [-0.2, 0) is 4.79 Å². The molecule has 1 rings (SSSR count). The van der Waals surface area contributed by atoms with Gasteiger partial charge in [-0.3, -0.25) is 4.79 Å². The highest BCUT2D eigenvalue weighted by Gasteiger charge is 2.21. The molecule has 1 fully saturated rings. The van der Waals surface area contributed by atoms with Crippen LogP contribution in [0.4, 0.5) is 0 Å². The Hall–Kier alpha value is -0.570. The first-order valence-electron chi connectivity index (χ1n) is 5.25. The molecular weight excluding hydrogens is 164 g/mol. The molecule has 0 saturated heterocycles. The van der Waals surface area contributed by atoms with Crippen molar-refractivity contribution in [1.29, 1.82) is 0 Å². The maximum absolute atomic E-state index is 11.5. The van der Waals surface area contributed by atoms with Crippen LogP contribution in [-0.4, -0.2) is 25.0 Å². The summed E-state index contributed by atoms with van der Waals surface area (Å²) < 4.78 is 0. The van der Waals surface area contributed by atoms with Crippen LogP contribution in [0, 0.1) is 5.92 Å². The quantitative estimate of drug-likeness (QED) is 0.666. The van der Waals surface area contributed by atoms with Gasteiger partial charge in [0.25, 0.3) is 0 Å². The Labute approximate surface area is 80.3 Å². The summed E-state index contributed by atoms with van der Waals surface area (Å²) in [6.45, 7) is 5.74. The fraction of sp³-hybridized carbons (Fsp3) is 0.900. The van der Waals surface area contributed by atoms with Gasteiger partial charge in [0.2, 0.25) is 5.91 Å². The van der Waals surface area contributed by atoms with Crippen molar-refractivity contribution in [3.8, 4) is 0 Å². The Morgan fingerprint density at radius 3 is 2.69 bits per heavy atom. The van der Waals surface area contributed by atoms with E-state index in [2.05, 4.69) is 17.6 Å². The van der Waals surface area contributed by atoms with Gasteiger partial charge in [-0.1, -0.05) is 13.8 Å². The first-order chi connectivity index (χ1) is 6.24. The fourth-order valence-corrected chi connectivity index (χ4v) is 1.35. The van der Waals surface area contributed by atoms with Crippen LogP contribution < -0.4 is 10.6 Å². The van der Waals surface area contributed by atoms with Crippen molar-refractivity contribution in [3.63, 3.8) is 0 Å². The predicted molar refractivity (Wildman–Crippen MR) is 53.5 cm³/mol. The number of carbonyl (C=O) groups excluding carboxylic acids is 1. The van der Waals surface area contributed by atoms with Gasteiger partial charge in [-0.15, -0.1) is 0 Å². The molecule has 1 aliphatic carbocycles. The predicted octanol–water partition coefficient (Wildman–Crippen LogP) is 0.901. The van der Waals surface area contributed by atoms with E-state index < -0.39 is 0 Å². The highest BCUT2D eigenvalue weighted by Crippen LogP contribution is 2.18. The summed E-state index contributed by atoms with van der Waals surface area (Å²) in [5.41, 5.74) is 0. The Morgan fingerprint density at radius 1 is 1.54 bits per heavy atom. The molecule has 0 aromatic rings. The summed E-state index contributed by atoms with van der Waals surface area (Å²) in [6.07, 6.45) is 3.60. The molecular formula is C10H20N2O. The Kier molecular flexibility index (Phi) is 4.22. The molecule has 0 spiro atoms. The molecule has 2 N–H and O–H groups in total. The van der Waals surface area contributed by atoms with Crippen molar-refractivity contribution in [3.05, 3.63) is 0 Å². The molecule has 1 saturated carbocycles. The SMILES string of the molecule is CCNCC(C)C(=O)NC1CCC1. The highest BCUT2D eigenvalue weighted by atomic mass is 16.1. The summed E-state index contributed by atoms with van der Waals surface area (Å²) in [5.74, 6) is 0.297. The van der Waals surface area contributed by atoms with Gasteiger partial charge in [0.15, 0.2) is 0 Å².